The van der Waals surface area contributed by atoms with Gasteiger partial charge in [-0.05, 0) is 27.1 Å². The molecule has 8 heteroatoms. The van der Waals surface area contributed by atoms with E-state index in [2.05, 4.69) is 10.6 Å². The van der Waals surface area contributed by atoms with Crippen molar-refractivity contribution in [3.8, 4) is 0 Å². The Morgan fingerprint density at radius 1 is 1.48 bits per heavy atom. The highest BCUT2D eigenvalue weighted by Crippen LogP contribution is 2.33. The Kier molecular flexibility index (Phi) is 5.92. The van der Waals surface area contributed by atoms with Crippen molar-refractivity contribution >= 4 is 28.9 Å². The molecule has 2 N–H and O–H groups in total. The van der Waals surface area contributed by atoms with E-state index in [4.69, 9.17) is 11.6 Å². The van der Waals surface area contributed by atoms with Crippen LogP contribution in [0.3, 0.4) is 0 Å². The highest BCUT2D eigenvalue weighted by Gasteiger charge is 2.20. The quantitative estimate of drug-likeness (QED) is 0.619. The number of carbonyl (C=O) groups is 1. The summed E-state index contributed by atoms with van der Waals surface area (Å²) < 4.78 is 0. The Balaban J connectivity index is 2.98. The normalized spacial score (nSPS) is 12.1. The van der Waals surface area contributed by atoms with Gasteiger partial charge < -0.3 is 15.5 Å². The van der Waals surface area contributed by atoms with E-state index in [9.17, 15) is 14.9 Å². The van der Waals surface area contributed by atoms with Gasteiger partial charge in [-0.15, -0.1) is 0 Å². The van der Waals surface area contributed by atoms with E-state index in [-0.39, 0.29) is 28.0 Å². The van der Waals surface area contributed by atoms with E-state index < -0.39 is 10.8 Å². The number of halogens is 1. The molecule has 1 atom stereocenters. The number of nitrogens with zero attached hydrogens (tertiary/aromatic N) is 2. The van der Waals surface area contributed by atoms with E-state index in [0.717, 1.165) is 0 Å². The predicted octanol–water partition coefficient (Wildman–Crippen LogP) is 1.97. The zero-order chi connectivity index (χ0) is 16.2. The Bertz CT molecular complexity index is 548. The van der Waals surface area contributed by atoms with Gasteiger partial charge in [-0.2, -0.15) is 0 Å². The minimum atomic E-state index is -0.572. The highest BCUT2D eigenvalue weighted by atomic mass is 35.5. The van der Waals surface area contributed by atoms with Gasteiger partial charge in [-0.25, -0.2) is 0 Å². The van der Waals surface area contributed by atoms with Crippen LogP contribution >= 0.6 is 11.6 Å². The lowest BCUT2D eigenvalue weighted by molar-refractivity contribution is -0.383. The molecule has 1 unspecified atom stereocenters. The van der Waals surface area contributed by atoms with Gasteiger partial charge in [0.05, 0.1) is 9.95 Å². The van der Waals surface area contributed by atoms with Crippen molar-refractivity contribution in [3.63, 3.8) is 0 Å². The van der Waals surface area contributed by atoms with Gasteiger partial charge in [-0.3, -0.25) is 14.9 Å². The first kappa shape index (κ1) is 17.2. The maximum absolute atomic E-state index is 12.1. The van der Waals surface area contributed by atoms with Crippen molar-refractivity contribution in [2.45, 2.75) is 13.0 Å². The summed E-state index contributed by atoms with van der Waals surface area (Å²) in [5.74, 6) is -0.392. The van der Waals surface area contributed by atoms with Crippen LogP contribution in [0.2, 0.25) is 5.02 Å². The number of nitro groups is 1. The van der Waals surface area contributed by atoms with Gasteiger partial charge >= 0.3 is 0 Å². The zero-order valence-corrected chi connectivity index (χ0v) is 13.2. The highest BCUT2D eigenvalue weighted by molar-refractivity contribution is 6.34. The standard InChI is InChI=1S/C13H19ClN4O3/c1-8(17(3)4)7-16-13(19)9-5-10(14)12(15-2)11(6-9)18(20)21/h5-6,8,15H,7H2,1-4H3,(H,16,19). The van der Waals surface area contributed by atoms with Gasteiger partial charge in [0.25, 0.3) is 11.6 Å². The largest absolute Gasteiger partial charge is 0.381 e. The van der Waals surface area contributed by atoms with Crippen LogP contribution in [0.4, 0.5) is 11.4 Å². The van der Waals surface area contributed by atoms with Crippen molar-refractivity contribution in [3.05, 3.63) is 32.8 Å². The number of amides is 1. The lowest BCUT2D eigenvalue weighted by Crippen LogP contribution is -2.38. The third-order valence-corrected chi connectivity index (χ3v) is 3.52. The molecule has 0 bridgehead atoms. The van der Waals surface area contributed by atoms with Crippen LogP contribution in [-0.4, -0.2) is 49.5 Å². The summed E-state index contributed by atoms with van der Waals surface area (Å²) in [6, 6.07) is 2.78. The summed E-state index contributed by atoms with van der Waals surface area (Å²) in [7, 11) is 5.34. The van der Waals surface area contributed by atoms with Crippen molar-refractivity contribution in [2.75, 3.05) is 33.0 Å². The van der Waals surface area contributed by atoms with Crippen LogP contribution < -0.4 is 10.6 Å². The molecule has 0 saturated carbocycles. The van der Waals surface area contributed by atoms with Crippen LogP contribution in [0, 0.1) is 10.1 Å². The number of nitrogens with one attached hydrogen (secondary N) is 2. The maximum Gasteiger partial charge on any atom is 0.294 e. The van der Waals surface area contributed by atoms with Gasteiger partial charge in [0.1, 0.15) is 5.69 Å². The Labute approximate surface area is 128 Å². The molecule has 0 fully saturated rings. The third kappa shape index (κ3) is 4.30. The Morgan fingerprint density at radius 3 is 2.57 bits per heavy atom. The molecule has 1 amide bonds. The Morgan fingerprint density at radius 2 is 2.10 bits per heavy atom. The number of nitro benzene ring substituents is 1. The fraction of sp³-hybridized carbons (Fsp3) is 0.462. The number of likely N-dealkylation sites (N-methyl/N-ethyl adjacent to an activating group) is 1. The number of carbonyl (C=O) groups excluding carboxylic acids is 1. The molecule has 116 valence electrons. The number of anilines is 1. The molecule has 0 radical (unpaired) electrons. The molecule has 0 aliphatic rings. The number of hydrogen-bond acceptors (Lipinski definition) is 5. The second kappa shape index (κ2) is 7.24. The van der Waals surface area contributed by atoms with Crippen LogP contribution in [-0.2, 0) is 0 Å². The van der Waals surface area contributed by atoms with Crippen LogP contribution in [0.1, 0.15) is 17.3 Å². The van der Waals surface area contributed by atoms with E-state index in [0.29, 0.717) is 6.54 Å². The molecule has 1 aromatic carbocycles. The molecule has 0 aliphatic carbocycles. The molecule has 0 saturated heterocycles. The third-order valence-electron chi connectivity index (χ3n) is 3.22. The fourth-order valence-corrected chi connectivity index (χ4v) is 1.95. The van der Waals surface area contributed by atoms with Crippen molar-refractivity contribution in [2.24, 2.45) is 0 Å². The SMILES string of the molecule is CNc1c(Cl)cc(C(=O)NCC(C)N(C)C)cc1[N+](=O)[O-]. The molecule has 7 nitrogen and oxygen atoms in total. The lowest BCUT2D eigenvalue weighted by atomic mass is 10.1. The molecular weight excluding hydrogens is 296 g/mol. The average molecular weight is 315 g/mol. The fourth-order valence-electron chi connectivity index (χ4n) is 1.64. The van der Waals surface area contributed by atoms with Crippen LogP contribution in [0.15, 0.2) is 12.1 Å². The van der Waals surface area contributed by atoms with Gasteiger partial charge in [0.15, 0.2) is 0 Å². The maximum atomic E-state index is 12.1. The molecule has 0 heterocycles. The Hall–Kier alpha value is -1.86. The van der Waals surface area contributed by atoms with E-state index in [1.165, 1.54) is 19.2 Å². The van der Waals surface area contributed by atoms with Gasteiger partial charge in [0, 0.05) is 31.3 Å². The van der Waals surface area contributed by atoms with Crippen LogP contribution in [0.25, 0.3) is 0 Å². The summed E-state index contributed by atoms with van der Waals surface area (Å²) >= 11 is 5.98. The first-order valence-corrected chi connectivity index (χ1v) is 6.76. The minimum Gasteiger partial charge on any atom is -0.381 e. The second-order valence-corrected chi connectivity index (χ2v) is 5.29. The predicted molar refractivity (Wildman–Crippen MR) is 83.1 cm³/mol. The minimum absolute atomic E-state index is 0.137. The first-order chi connectivity index (χ1) is 9.77. The molecule has 21 heavy (non-hydrogen) atoms. The molecule has 0 aromatic heterocycles. The van der Waals surface area contributed by atoms with Crippen molar-refractivity contribution in [1.82, 2.24) is 10.2 Å². The second-order valence-electron chi connectivity index (χ2n) is 4.88. The molecule has 0 aliphatic heterocycles. The summed E-state index contributed by atoms with van der Waals surface area (Å²) in [6.07, 6.45) is 0. The van der Waals surface area contributed by atoms with E-state index in [1.54, 1.807) is 0 Å². The smallest absolute Gasteiger partial charge is 0.294 e. The zero-order valence-electron chi connectivity index (χ0n) is 12.4. The number of rotatable bonds is 6. The molecule has 1 aromatic rings. The number of hydrogen-bond donors (Lipinski definition) is 2. The van der Waals surface area contributed by atoms with Gasteiger partial charge in [-0.1, -0.05) is 11.6 Å². The summed E-state index contributed by atoms with van der Waals surface area (Å²) in [4.78, 5) is 24.5. The van der Waals surface area contributed by atoms with Gasteiger partial charge in [0.2, 0.25) is 0 Å². The molecular formula is C13H19ClN4O3. The van der Waals surface area contributed by atoms with E-state index >= 15 is 0 Å². The van der Waals surface area contributed by atoms with Crippen LogP contribution in [0.5, 0.6) is 0 Å². The topological polar surface area (TPSA) is 87.5 Å². The monoisotopic (exact) mass is 314 g/mol. The first-order valence-electron chi connectivity index (χ1n) is 6.38. The van der Waals surface area contributed by atoms with Crippen molar-refractivity contribution in [1.29, 1.82) is 0 Å². The van der Waals surface area contributed by atoms with E-state index in [1.807, 2.05) is 25.9 Å². The summed E-state index contributed by atoms with van der Waals surface area (Å²) in [6.45, 7) is 2.39. The summed E-state index contributed by atoms with van der Waals surface area (Å²) in [5, 5.41) is 16.6. The average Bonchev–Trinajstić information content (AvgIpc) is 2.42. The molecule has 1 rings (SSSR count). The van der Waals surface area contributed by atoms with Crippen molar-refractivity contribution < 1.29 is 9.72 Å². The number of benzene rings is 1. The lowest BCUT2D eigenvalue weighted by Gasteiger charge is -2.20. The summed E-state index contributed by atoms with van der Waals surface area (Å²) in [5.41, 5.74) is 0.132. The molecule has 0 spiro atoms.